The minimum atomic E-state index is -0.795. The number of amides is 1. The lowest BCUT2D eigenvalue weighted by molar-refractivity contribution is -0.140. The van der Waals surface area contributed by atoms with E-state index in [4.69, 9.17) is 5.11 Å². The molecule has 0 spiro atoms. The third-order valence-electron chi connectivity index (χ3n) is 5.44. The van der Waals surface area contributed by atoms with Gasteiger partial charge in [-0.25, -0.2) is 4.39 Å². The minimum absolute atomic E-state index is 0.0660. The van der Waals surface area contributed by atoms with Crippen molar-refractivity contribution in [1.29, 1.82) is 0 Å². The second-order valence-electron chi connectivity index (χ2n) is 7.79. The molecule has 1 aromatic carbocycles. The molecule has 0 aromatic heterocycles. The summed E-state index contributed by atoms with van der Waals surface area (Å²) >= 11 is 0. The van der Waals surface area contributed by atoms with Crippen LogP contribution in [0.25, 0.3) is 0 Å². The van der Waals surface area contributed by atoms with Crippen molar-refractivity contribution in [3.05, 3.63) is 35.6 Å². The predicted molar refractivity (Wildman–Crippen MR) is 96.2 cm³/mol. The van der Waals surface area contributed by atoms with Gasteiger partial charge in [-0.1, -0.05) is 25.1 Å². The number of nitrogens with one attached hydrogen (secondary N) is 1. The molecule has 2 fully saturated rings. The fourth-order valence-electron chi connectivity index (χ4n) is 3.58. The van der Waals surface area contributed by atoms with E-state index in [-0.39, 0.29) is 36.3 Å². The van der Waals surface area contributed by atoms with E-state index in [2.05, 4.69) is 5.32 Å². The number of benzene rings is 1. The first kappa shape index (κ1) is 18.8. The maximum absolute atomic E-state index is 13.7. The van der Waals surface area contributed by atoms with Gasteiger partial charge in [0.25, 0.3) is 0 Å². The number of aliphatic carboxylic acids is 1. The summed E-state index contributed by atoms with van der Waals surface area (Å²) in [6, 6.07) is 6.86. The van der Waals surface area contributed by atoms with Gasteiger partial charge in [0.05, 0.1) is 6.54 Å². The smallest absolute Gasteiger partial charge is 0.317 e. The highest BCUT2D eigenvalue weighted by molar-refractivity contribution is 5.79. The molecule has 3 rings (SSSR count). The fourth-order valence-corrected chi connectivity index (χ4v) is 3.58. The molecule has 1 unspecified atom stereocenters. The van der Waals surface area contributed by atoms with E-state index in [1.54, 1.807) is 18.2 Å². The zero-order valence-electron chi connectivity index (χ0n) is 15.2. The number of carbonyl (C=O) groups is 2. The van der Waals surface area contributed by atoms with Gasteiger partial charge in [0.2, 0.25) is 5.91 Å². The molecule has 0 heterocycles. The molecule has 26 heavy (non-hydrogen) atoms. The summed E-state index contributed by atoms with van der Waals surface area (Å²) in [6.07, 6.45) is 4.34. The summed E-state index contributed by atoms with van der Waals surface area (Å²) in [5, 5.41) is 12.1. The molecule has 142 valence electrons. The Morgan fingerprint density at radius 3 is 2.62 bits per heavy atom. The van der Waals surface area contributed by atoms with Crippen LogP contribution in [0.2, 0.25) is 0 Å². The Morgan fingerprint density at radius 1 is 1.31 bits per heavy atom. The van der Waals surface area contributed by atoms with Crippen molar-refractivity contribution >= 4 is 11.9 Å². The summed E-state index contributed by atoms with van der Waals surface area (Å²) in [7, 11) is 0. The Morgan fingerprint density at radius 2 is 2.00 bits per heavy atom. The van der Waals surface area contributed by atoms with Crippen LogP contribution in [0.1, 0.15) is 38.2 Å². The van der Waals surface area contributed by atoms with Gasteiger partial charge >= 0.3 is 5.97 Å². The maximum Gasteiger partial charge on any atom is 0.317 e. The second kappa shape index (κ2) is 8.16. The van der Waals surface area contributed by atoms with E-state index in [0.29, 0.717) is 17.9 Å². The first-order valence-corrected chi connectivity index (χ1v) is 9.42. The Balaban J connectivity index is 1.44. The Kier molecular flexibility index (Phi) is 5.91. The van der Waals surface area contributed by atoms with Crippen LogP contribution in [-0.4, -0.2) is 47.1 Å². The van der Waals surface area contributed by atoms with Crippen molar-refractivity contribution in [3.63, 3.8) is 0 Å². The van der Waals surface area contributed by atoms with Gasteiger partial charge in [-0.15, -0.1) is 0 Å². The molecule has 2 saturated carbocycles. The van der Waals surface area contributed by atoms with E-state index >= 15 is 0 Å². The van der Waals surface area contributed by atoms with Crippen molar-refractivity contribution < 1.29 is 19.1 Å². The van der Waals surface area contributed by atoms with Crippen LogP contribution < -0.4 is 5.32 Å². The highest BCUT2D eigenvalue weighted by Gasteiger charge is 2.38. The molecule has 0 bridgehead atoms. The van der Waals surface area contributed by atoms with Gasteiger partial charge in [0.15, 0.2) is 0 Å². The summed E-state index contributed by atoms with van der Waals surface area (Å²) in [5.41, 5.74) is 0.554. The van der Waals surface area contributed by atoms with Crippen LogP contribution in [-0.2, 0) is 16.0 Å². The molecule has 2 N–H and O–H groups in total. The van der Waals surface area contributed by atoms with Crippen LogP contribution in [0.3, 0.4) is 0 Å². The molecule has 2 aliphatic rings. The van der Waals surface area contributed by atoms with Crippen LogP contribution in [0.15, 0.2) is 24.3 Å². The summed E-state index contributed by atoms with van der Waals surface area (Å²) < 4.78 is 13.7. The second-order valence-corrected chi connectivity index (χ2v) is 7.79. The quantitative estimate of drug-likeness (QED) is 0.708. The monoisotopic (exact) mass is 362 g/mol. The third kappa shape index (κ3) is 5.04. The highest BCUT2D eigenvalue weighted by atomic mass is 19.1. The lowest BCUT2D eigenvalue weighted by Crippen LogP contribution is -2.56. The average molecular weight is 362 g/mol. The molecule has 1 amide bonds. The fraction of sp³-hybridized carbons (Fsp3) is 0.600. The summed E-state index contributed by atoms with van der Waals surface area (Å²) in [4.78, 5) is 25.5. The Hall–Kier alpha value is -1.95. The van der Waals surface area contributed by atoms with Crippen LogP contribution in [0.4, 0.5) is 4.39 Å². The summed E-state index contributed by atoms with van der Waals surface area (Å²) in [5.74, 6) is -0.795. The number of carbonyl (C=O) groups excluding carboxylic acids is 1. The van der Waals surface area contributed by atoms with Crippen molar-refractivity contribution in [1.82, 2.24) is 10.2 Å². The number of hydrogen-bond acceptors (Lipinski definition) is 3. The first-order valence-electron chi connectivity index (χ1n) is 9.42. The maximum atomic E-state index is 13.7. The molecular formula is C20H27FN2O3. The van der Waals surface area contributed by atoms with Crippen LogP contribution in [0.5, 0.6) is 0 Å². The van der Waals surface area contributed by atoms with E-state index < -0.39 is 5.97 Å². The number of carboxylic acids is 1. The van der Waals surface area contributed by atoms with Gasteiger partial charge in [-0.05, 0) is 49.7 Å². The third-order valence-corrected chi connectivity index (χ3v) is 5.44. The van der Waals surface area contributed by atoms with E-state index in [9.17, 15) is 14.0 Å². The predicted octanol–water partition coefficient (Wildman–Crippen LogP) is 2.45. The largest absolute Gasteiger partial charge is 0.480 e. The number of nitrogens with zero attached hydrogens (tertiary/aromatic N) is 1. The molecule has 0 aliphatic heterocycles. The van der Waals surface area contributed by atoms with Crippen molar-refractivity contribution in [2.45, 2.75) is 51.1 Å². The molecule has 5 nitrogen and oxygen atoms in total. The van der Waals surface area contributed by atoms with Gasteiger partial charge in [0.1, 0.15) is 5.82 Å². The number of rotatable bonds is 9. The van der Waals surface area contributed by atoms with Gasteiger partial charge in [0, 0.05) is 24.5 Å². The summed E-state index contributed by atoms with van der Waals surface area (Å²) in [6.45, 7) is 2.73. The first-order chi connectivity index (χ1) is 12.4. The normalized spacial score (nSPS) is 23.3. The van der Waals surface area contributed by atoms with Crippen LogP contribution in [0, 0.1) is 17.7 Å². The van der Waals surface area contributed by atoms with Crippen molar-refractivity contribution in [2.24, 2.45) is 11.8 Å². The SMILES string of the molecule is CC(Cc1ccccc1F)C(=O)NC1CC(N(CC(=O)O)CC2CC2)C1. The lowest BCUT2D eigenvalue weighted by Gasteiger charge is -2.43. The molecule has 2 aliphatic carbocycles. The molecule has 0 radical (unpaired) electrons. The van der Waals surface area contributed by atoms with E-state index in [1.165, 1.54) is 18.9 Å². The standard InChI is InChI=1S/C20H27FN2O3/c1-13(8-15-4-2-3-5-18(15)21)20(26)22-16-9-17(10-16)23(12-19(24)25)11-14-6-7-14/h2-5,13-14,16-17H,6-12H2,1H3,(H,22,26)(H,24,25). The van der Waals surface area contributed by atoms with Crippen molar-refractivity contribution in [2.75, 3.05) is 13.1 Å². The van der Waals surface area contributed by atoms with Gasteiger partial charge < -0.3 is 10.4 Å². The van der Waals surface area contributed by atoms with Gasteiger partial charge in [-0.2, -0.15) is 0 Å². The Labute approximate surface area is 153 Å². The molecular weight excluding hydrogens is 335 g/mol. The van der Waals surface area contributed by atoms with Gasteiger partial charge in [-0.3, -0.25) is 14.5 Å². The molecule has 0 saturated heterocycles. The molecule has 1 aromatic rings. The topological polar surface area (TPSA) is 69.6 Å². The average Bonchev–Trinajstić information content (AvgIpc) is 3.35. The van der Waals surface area contributed by atoms with Crippen LogP contribution >= 0.6 is 0 Å². The van der Waals surface area contributed by atoms with E-state index in [1.807, 2.05) is 11.8 Å². The molecule has 6 heteroatoms. The zero-order chi connectivity index (χ0) is 18.7. The highest BCUT2D eigenvalue weighted by Crippen LogP contribution is 2.33. The zero-order valence-corrected chi connectivity index (χ0v) is 15.2. The van der Waals surface area contributed by atoms with E-state index in [0.717, 1.165) is 19.4 Å². The minimum Gasteiger partial charge on any atom is -0.480 e. The van der Waals surface area contributed by atoms with Crippen molar-refractivity contribution in [3.8, 4) is 0 Å². The number of halogens is 1. The lowest BCUT2D eigenvalue weighted by atomic mass is 9.84. The Bertz CT molecular complexity index is 656. The number of hydrogen-bond donors (Lipinski definition) is 2. The number of carboxylic acid groups (broad SMARTS) is 1. The molecule has 1 atom stereocenters.